The van der Waals surface area contributed by atoms with Crippen LogP contribution in [0, 0.1) is 6.92 Å². The van der Waals surface area contributed by atoms with E-state index >= 15 is 0 Å². The normalized spacial score (nSPS) is 10.9. The molecule has 9 nitrogen and oxygen atoms in total. The minimum absolute atomic E-state index is 0.239. The SMILES string of the molecule is Cc1cnn(C)c(=O)c1Oc1ccc2ncnc(Nc3ccn(C)n3)c2c1. The van der Waals surface area contributed by atoms with Crippen LogP contribution in [0.3, 0.4) is 0 Å². The summed E-state index contributed by atoms with van der Waals surface area (Å²) in [5, 5.41) is 12.2. The number of ether oxygens (including phenoxy) is 1. The quantitative estimate of drug-likeness (QED) is 0.594. The monoisotopic (exact) mass is 363 g/mol. The highest BCUT2D eigenvalue weighted by atomic mass is 16.5. The van der Waals surface area contributed by atoms with E-state index < -0.39 is 0 Å². The Labute approximate surface area is 154 Å². The van der Waals surface area contributed by atoms with E-state index in [0.717, 1.165) is 10.9 Å². The van der Waals surface area contributed by atoms with Crippen LogP contribution in [-0.2, 0) is 14.1 Å². The highest BCUT2D eigenvalue weighted by Gasteiger charge is 2.12. The summed E-state index contributed by atoms with van der Waals surface area (Å²) in [6.45, 7) is 1.78. The topological polar surface area (TPSA) is 99.8 Å². The highest BCUT2D eigenvalue weighted by molar-refractivity contribution is 5.91. The van der Waals surface area contributed by atoms with Gasteiger partial charge in [-0.05, 0) is 25.1 Å². The summed E-state index contributed by atoms with van der Waals surface area (Å²) in [4.78, 5) is 20.9. The van der Waals surface area contributed by atoms with Crippen LogP contribution in [-0.4, -0.2) is 29.5 Å². The standard InChI is InChI=1S/C18H17N7O2/c1-11-9-21-25(3)18(26)16(11)27-12-4-5-14-13(8-12)17(20-10-19-14)22-15-6-7-24(2)23-15/h4-10H,1-3H3,(H,19,20,22,23). The third kappa shape index (κ3) is 3.22. The van der Waals surface area contributed by atoms with E-state index in [1.807, 2.05) is 25.4 Å². The van der Waals surface area contributed by atoms with Crippen molar-refractivity contribution in [2.45, 2.75) is 6.92 Å². The molecule has 0 saturated carbocycles. The summed E-state index contributed by atoms with van der Waals surface area (Å²) < 4.78 is 8.80. The fourth-order valence-electron chi connectivity index (χ4n) is 2.64. The molecule has 0 unspecified atom stereocenters. The summed E-state index contributed by atoms with van der Waals surface area (Å²) in [5.41, 5.74) is 1.11. The number of hydrogen-bond acceptors (Lipinski definition) is 7. The summed E-state index contributed by atoms with van der Waals surface area (Å²) in [5.74, 6) is 2.02. The molecule has 27 heavy (non-hydrogen) atoms. The zero-order chi connectivity index (χ0) is 19.0. The van der Waals surface area contributed by atoms with Gasteiger partial charge in [0.05, 0.1) is 11.7 Å². The Morgan fingerprint density at radius 2 is 2.00 bits per heavy atom. The number of nitrogens with zero attached hydrogens (tertiary/aromatic N) is 6. The fraction of sp³-hybridized carbons (Fsp3) is 0.167. The van der Waals surface area contributed by atoms with Crippen molar-refractivity contribution in [2.75, 3.05) is 5.32 Å². The first-order valence-electron chi connectivity index (χ1n) is 8.23. The maximum atomic E-state index is 12.3. The van der Waals surface area contributed by atoms with Gasteiger partial charge in [-0.2, -0.15) is 10.2 Å². The predicted octanol–water partition coefficient (Wildman–Crippen LogP) is 2.30. The lowest BCUT2D eigenvalue weighted by atomic mass is 10.2. The first kappa shape index (κ1) is 16.7. The van der Waals surface area contributed by atoms with Gasteiger partial charge in [0.1, 0.15) is 17.9 Å². The predicted molar refractivity (Wildman–Crippen MR) is 100 cm³/mol. The molecule has 0 fully saturated rings. The average molecular weight is 363 g/mol. The molecule has 3 heterocycles. The Morgan fingerprint density at radius 1 is 1.15 bits per heavy atom. The molecule has 0 bridgehead atoms. The first-order valence-corrected chi connectivity index (χ1v) is 8.23. The molecule has 0 aliphatic carbocycles. The van der Waals surface area contributed by atoms with Gasteiger partial charge in [0, 0.05) is 37.3 Å². The second-order valence-electron chi connectivity index (χ2n) is 6.09. The minimum atomic E-state index is -0.300. The molecule has 9 heteroatoms. The van der Waals surface area contributed by atoms with E-state index in [1.165, 1.54) is 11.0 Å². The van der Waals surface area contributed by atoms with Crippen LogP contribution < -0.4 is 15.6 Å². The van der Waals surface area contributed by atoms with E-state index in [2.05, 4.69) is 25.5 Å². The van der Waals surface area contributed by atoms with E-state index in [-0.39, 0.29) is 11.3 Å². The van der Waals surface area contributed by atoms with Gasteiger partial charge in [-0.1, -0.05) is 0 Å². The second-order valence-corrected chi connectivity index (χ2v) is 6.09. The minimum Gasteiger partial charge on any atom is -0.451 e. The smallest absolute Gasteiger partial charge is 0.309 e. The Balaban J connectivity index is 1.74. The van der Waals surface area contributed by atoms with Gasteiger partial charge in [0.2, 0.25) is 0 Å². The Kier molecular flexibility index (Phi) is 4.03. The van der Waals surface area contributed by atoms with Crippen molar-refractivity contribution in [2.24, 2.45) is 14.1 Å². The molecule has 0 atom stereocenters. The van der Waals surface area contributed by atoms with E-state index in [0.29, 0.717) is 22.9 Å². The molecule has 3 aromatic heterocycles. The molecule has 4 aromatic rings. The second kappa shape index (κ2) is 6.52. The van der Waals surface area contributed by atoms with Gasteiger partial charge in [-0.3, -0.25) is 9.48 Å². The van der Waals surface area contributed by atoms with Gasteiger partial charge in [0.25, 0.3) is 0 Å². The van der Waals surface area contributed by atoms with E-state index in [9.17, 15) is 4.79 Å². The summed E-state index contributed by atoms with van der Waals surface area (Å²) >= 11 is 0. The van der Waals surface area contributed by atoms with Crippen LogP contribution in [0.15, 0.2) is 47.8 Å². The molecule has 136 valence electrons. The van der Waals surface area contributed by atoms with Crippen molar-refractivity contribution in [1.29, 1.82) is 0 Å². The number of aryl methyl sites for hydroxylation is 3. The van der Waals surface area contributed by atoms with Gasteiger partial charge in [-0.15, -0.1) is 0 Å². The van der Waals surface area contributed by atoms with Crippen LogP contribution in [0.5, 0.6) is 11.5 Å². The summed E-state index contributed by atoms with van der Waals surface area (Å²) in [7, 11) is 3.42. The lowest BCUT2D eigenvalue weighted by Crippen LogP contribution is -2.21. The number of rotatable bonds is 4. The average Bonchev–Trinajstić information content (AvgIpc) is 3.07. The van der Waals surface area contributed by atoms with Gasteiger partial charge < -0.3 is 10.1 Å². The van der Waals surface area contributed by atoms with Crippen LogP contribution in [0.2, 0.25) is 0 Å². The van der Waals surface area contributed by atoms with E-state index in [1.54, 1.807) is 37.0 Å². The lowest BCUT2D eigenvalue weighted by Gasteiger charge is -2.11. The molecular formula is C18H17N7O2. The molecule has 0 spiro atoms. The maximum Gasteiger partial charge on any atom is 0.309 e. The summed E-state index contributed by atoms with van der Waals surface area (Å²) in [6.07, 6.45) is 4.91. The Morgan fingerprint density at radius 3 is 2.78 bits per heavy atom. The van der Waals surface area contributed by atoms with Crippen LogP contribution in [0.25, 0.3) is 10.9 Å². The van der Waals surface area contributed by atoms with Crippen molar-refractivity contribution in [3.05, 3.63) is 58.9 Å². The molecule has 0 aliphatic heterocycles. The van der Waals surface area contributed by atoms with Crippen LogP contribution in [0.1, 0.15) is 5.56 Å². The van der Waals surface area contributed by atoms with Crippen molar-refractivity contribution >= 4 is 22.5 Å². The molecule has 1 aromatic carbocycles. The van der Waals surface area contributed by atoms with Crippen molar-refractivity contribution in [1.82, 2.24) is 29.5 Å². The van der Waals surface area contributed by atoms with Gasteiger partial charge in [0.15, 0.2) is 11.6 Å². The molecule has 0 saturated heterocycles. The fourth-order valence-corrected chi connectivity index (χ4v) is 2.64. The van der Waals surface area contributed by atoms with Gasteiger partial charge >= 0.3 is 5.56 Å². The third-order valence-corrected chi connectivity index (χ3v) is 4.06. The van der Waals surface area contributed by atoms with Crippen molar-refractivity contribution in [3.63, 3.8) is 0 Å². The van der Waals surface area contributed by atoms with Crippen LogP contribution >= 0.6 is 0 Å². The lowest BCUT2D eigenvalue weighted by molar-refractivity contribution is 0.459. The van der Waals surface area contributed by atoms with Crippen molar-refractivity contribution < 1.29 is 4.74 Å². The number of benzene rings is 1. The third-order valence-electron chi connectivity index (χ3n) is 4.06. The molecule has 0 amide bonds. The molecular weight excluding hydrogens is 346 g/mol. The van der Waals surface area contributed by atoms with E-state index in [4.69, 9.17) is 4.74 Å². The highest BCUT2D eigenvalue weighted by Crippen LogP contribution is 2.28. The molecule has 0 aliphatic rings. The molecule has 4 rings (SSSR count). The zero-order valence-corrected chi connectivity index (χ0v) is 15.0. The number of aromatic nitrogens is 6. The van der Waals surface area contributed by atoms with Gasteiger partial charge in [-0.25, -0.2) is 14.6 Å². The Bertz CT molecular complexity index is 1200. The summed E-state index contributed by atoms with van der Waals surface area (Å²) in [6, 6.07) is 7.22. The number of hydrogen-bond donors (Lipinski definition) is 1. The van der Waals surface area contributed by atoms with Crippen LogP contribution in [0.4, 0.5) is 11.6 Å². The number of nitrogens with one attached hydrogen (secondary N) is 1. The molecule has 0 radical (unpaired) electrons. The Hall–Kier alpha value is -3.75. The maximum absolute atomic E-state index is 12.3. The molecule has 1 N–H and O–H groups in total. The zero-order valence-electron chi connectivity index (χ0n) is 15.0. The number of anilines is 2. The number of fused-ring (bicyclic) bond motifs is 1. The van der Waals surface area contributed by atoms with Crippen molar-refractivity contribution in [3.8, 4) is 11.5 Å². The first-order chi connectivity index (χ1) is 13.0. The largest absolute Gasteiger partial charge is 0.451 e.